The van der Waals surface area contributed by atoms with Crippen LogP contribution in [-0.2, 0) is 14.3 Å². The summed E-state index contributed by atoms with van der Waals surface area (Å²) in [5.74, 6) is 0. The van der Waals surface area contributed by atoms with Crippen molar-refractivity contribution in [1.82, 2.24) is 4.31 Å². The molecule has 5 nitrogen and oxygen atoms in total. The number of amides is 1. The summed E-state index contributed by atoms with van der Waals surface area (Å²) in [6.45, 7) is 0.378. The Kier molecular flexibility index (Phi) is 1.50. The molecule has 1 amide bonds. The van der Waals surface area contributed by atoms with Gasteiger partial charge >= 0.3 is 6.09 Å². The Labute approximate surface area is 64.7 Å². The van der Waals surface area contributed by atoms with Crippen molar-refractivity contribution >= 4 is 15.6 Å². The van der Waals surface area contributed by atoms with Gasteiger partial charge in [0.15, 0.2) is 0 Å². The van der Waals surface area contributed by atoms with Gasteiger partial charge in [-0.2, -0.15) is 4.21 Å². The lowest BCUT2D eigenvalue weighted by atomic mass is 10.7. The van der Waals surface area contributed by atoms with Gasteiger partial charge < -0.3 is 4.74 Å². The highest BCUT2D eigenvalue weighted by molar-refractivity contribution is 8.12. The summed E-state index contributed by atoms with van der Waals surface area (Å²) in [4.78, 5) is 10.8. The Morgan fingerprint density at radius 1 is 1.64 bits per heavy atom. The fourth-order valence-corrected chi connectivity index (χ4v) is 1.93. The van der Waals surface area contributed by atoms with Gasteiger partial charge in [0.05, 0.1) is 6.54 Å². The lowest BCUT2D eigenvalue weighted by Gasteiger charge is -2.40. The fourth-order valence-electron chi connectivity index (χ4n) is 0.853. The van der Waals surface area contributed by atoms with E-state index < -0.39 is 15.6 Å². The van der Waals surface area contributed by atoms with E-state index in [1.807, 2.05) is 0 Å². The summed E-state index contributed by atoms with van der Waals surface area (Å²) < 4.78 is 26.1. The molecule has 0 saturated carbocycles. The standard InChI is InChI=1S/C5H11NO4S/c1-11(2,8,9)6-3-4-10-5(6)7/h3-4H2,1-2H3,(H,8,9). The third-order valence-corrected chi connectivity index (χ3v) is 2.94. The van der Waals surface area contributed by atoms with E-state index in [1.165, 1.54) is 0 Å². The molecule has 1 N–H and O–H groups in total. The second-order valence-electron chi connectivity index (χ2n) is 2.92. The lowest BCUT2D eigenvalue weighted by molar-refractivity contribution is 0.168. The van der Waals surface area contributed by atoms with Crippen LogP contribution in [0, 0.1) is 0 Å². The molecule has 0 bridgehead atoms. The number of carbonyl (C=O) groups is 1. The normalized spacial score (nSPS) is 22.6. The van der Waals surface area contributed by atoms with Crippen LogP contribution in [-0.4, -0.2) is 44.8 Å². The van der Waals surface area contributed by atoms with E-state index in [9.17, 15) is 13.6 Å². The van der Waals surface area contributed by atoms with Gasteiger partial charge in [-0.15, -0.1) is 9.53 Å². The molecule has 1 rings (SSSR count). The molecule has 0 spiro atoms. The summed E-state index contributed by atoms with van der Waals surface area (Å²) in [7, 11) is -3.90. The Balaban J connectivity index is 2.93. The number of hydrogen-bond donors (Lipinski definition) is 1. The number of carbonyl (C=O) groups excluding carboxylic acids is 1. The number of ether oxygens (including phenoxy) is 1. The maximum Gasteiger partial charge on any atom is 0.427 e. The van der Waals surface area contributed by atoms with Crippen LogP contribution < -0.4 is 0 Å². The van der Waals surface area contributed by atoms with E-state index in [4.69, 9.17) is 0 Å². The highest BCUT2D eigenvalue weighted by Crippen LogP contribution is 2.22. The van der Waals surface area contributed by atoms with Crippen LogP contribution in [0.1, 0.15) is 0 Å². The lowest BCUT2D eigenvalue weighted by Crippen LogP contribution is -2.48. The number of cyclic esters (lactones) is 1. The van der Waals surface area contributed by atoms with Gasteiger partial charge in [0.2, 0.25) is 0 Å². The van der Waals surface area contributed by atoms with E-state index in [1.54, 1.807) is 0 Å². The molecule has 0 aromatic rings. The molecule has 1 aliphatic rings. The molecule has 11 heavy (non-hydrogen) atoms. The molecule has 1 fully saturated rings. The maximum atomic E-state index is 11.4. The Morgan fingerprint density at radius 2 is 2.18 bits per heavy atom. The van der Waals surface area contributed by atoms with Crippen LogP contribution in [0.5, 0.6) is 0 Å². The molecule has 1 heterocycles. The zero-order chi connectivity index (χ0) is 8.72. The van der Waals surface area contributed by atoms with Gasteiger partial charge in [-0.25, -0.2) is 9.10 Å². The third kappa shape index (κ3) is 1.69. The van der Waals surface area contributed by atoms with Crippen molar-refractivity contribution in [3.63, 3.8) is 0 Å². The summed E-state index contributed by atoms with van der Waals surface area (Å²) >= 11 is 0. The van der Waals surface area contributed by atoms with Crippen molar-refractivity contribution in [3.05, 3.63) is 0 Å². The average Bonchev–Trinajstić information content (AvgIpc) is 2.08. The number of hydrogen-bond acceptors (Lipinski definition) is 3. The molecular weight excluding hydrogens is 170 g/mol. The first-order chi connectivity index (χ1) is 4.77. The van der Waals surface area contributed by atoms with Gasteiger partial charge in [0.1, 0.15) is 6.61 Å². The molecule has 0 radical (unpaired) electrons. The first kappa shape index (κ1) is 8.48. The minimum absolute atomic E-state index is 0.188. The third-order valence-electron chi connectivity index (χ3n) is 1.35. The largest absolute Gasteiger partial charge is 0.446 e. The van der Waals surface area contributed by atoms with Crippen molar-refractivity contribution in [2.45, 2.75) is 0 Å². The zero-order valence-corrected chi connectivity index (χ0v) is 7.26. The maximum absolute atomic E-state index is 11.4. The molecule has 66 valence electrons. The van der Waals surface area contributed by atoms with Gasteiger partial charge in [0.25, 0.3) is 0 Å². The van der Waals surface area contributed by atoms with Crippen molar-refractivity contribution in [3.8, 4) is 0 Å². The first-order valence-electron chi connectivity index (χ1n) is 3.09. The fraction of sp³-hybridized carbons (Fsp3) is 0.800. The molecule has 0 aromatic heterocycles. The molecule has 1 aliphatic heterocycles. The van der Waals surface area contributed by atoms with Gasteiger partial charge in [0, 0.05) is 12.5 Å². The number of rotatable bonds is 1. The highest BCUT2D eigenvalue weighted by Gasteiger charge is 2.34. The molecule has 0 atom stereocenters. The topological polar surface area (TPSA) is 66.8 Å². The molecule has 1 saturated heterocycles. The van der Waals surface area contributed by atoms with Crippen LogP contribution in [0.25, 0.3) is 0 Å². The Bertz CT molecular complexity index is 244. The summed E-state index contributed by atoms with van der Waals surface area (Å²) in [5.41, 5.74) is 0. The molecule has 0 aliphatic carbocycles. The van der Waals surface area contributed by atoms with Crippen molar-refractivity contribution in [2.75, 3.05) is 25.7 Å². The zero-order valence-electron chi connectivity index (χ0n) is 6.44. The quantitative estimate of drug-likeness (QED) is 0.613. The van der Waals surface area contributed by atoms with Gasteiger partial charge in [-0.1, -0.05) is 0 Å². The van der Waals surface area contributed by atoms with E-state index in [-0.39, 0.29) is 13.2 Å². The summed E-state index contributed by atoms with van der Waals surface area (Å²) in [5, 5.41) is 0. The Morgan fingerprint density at radius 3 is 2.36 bits per heavy atom. The average molecular weight is 181 g/mol. The second kappa shape index (κ2) is 1.95. The molecule has 0 aromatic carbocycles. The van der Waals surface area contributed by atoms with E-state index >= 15 is 0 Å². The predicted molar refractivity (Wildman–Crippen MR) is 40.7 cm³/mol. The predicted octanol–water partition coefficient (Wildman–Crippen LogP) is -0.0937. The van der Waals surface area contributed by atoms with Crippen LogP contribution in [0.2, 0.25) is 0 Å². The highest BCUT2D eigenvalue weighted by atomic mass is 32.3. The van der Waals surface area contributed by atoms with Crippen LogP contribution in [0.3, 0.4) is 0 Å². The summed E-state index contributed by atoms with van der Waals surface area (Å²) in [6.07, 6.45) is 1.54. The van der Waals surface area contributed by atoms with Crippen LogP contribution in [0.4, 0.5) is 4.79 Å². The van der Waals surface area contributed by atoms with Crippen molar-refractivity contribution in [2.24, 2.45) is 0 Å². The molecule has 0 unspecified atom stereocenters. The van der Waals surface area contributed by atoms with Gasteiger partial charge in [-0.05, 0) is 0 Å². The summed E-state index contributed by atoms with van der Waals surface area (Å²) in [6, 6.07) is 0. The van der Waals surface area contributed by atoms with E-state index in [2.05, 4.69) is 4.74 Å². The minimum atomic E-state index is -3.90. The van der Waals surface area contributed by atoms with Crippen molar-refractivity contribution in [1.29, 1.82) is 0 Å². The van der Waals surface area contributed by atoms with E-state index in [0.717, 1.165) is 16.8 Å². The molecule has 6 heteroatoms. The molecular formula is C5H11NO4S. The van der Waals surface area contributed by atoms with Crippen LogP contribution >= 0.6 is 0 Å². The minimum Gasteiger partial charge on any atom is -0.446 e. The van der Waals surface area contributed by atoms with Crippen LogP contribution in [0.15, 0.2) is 0 Å². The van der Waals surface area contributed by atoms with Crippen molar-refractivity contribution < 1.29 is 18.3 Å². The SMILES string of the molecule is CS(C)(=O)(O)N1CCOC1=O. The van der Waals surface area contributed by atoms with Gasteiger partial charge in [-0.3, -0.25) is 4.55 Å². The monoisotopic (exact) mass is 181 g/mol. The second-order valence-corrected chi connectivity index (χ2v) is 6.77. The Hall–Kier alpha value is -0.620. The van der Waals surface area contributed by atoms with E-state index in [0.29, 0.717) is 0 Å². The number of nitrogens with zero attached hydrogens (tertiary/aromatic N) is 1. The first-order valence-corrected chi connectivity index (χ1v) is 5.78. The smallest absolute Gasteiger partial charge is 0.427 e.